The van der Waals surface area contributed by atoms with Crippen molar-refractivity contribution in [3.63, 3.8) is 0 Å². The van der Waals surface area contributed by atoms with Crippen LogP contribution in [0.25, 0.3) is 10.9 Å². The summed E-state index contributed by atoms with van der Waals surface area (Å²) in [5.74, 6) is 0.495. The van der Waals surface area contributed by atoms with Gasteiger partial charge in [-0.1, -0.05) is 25.1 Å². The summed E-state index contributed by atoms with van der Waals surface area (Å²) in [6, 6.07) is 6.52. The zero-order valence-electron chi connectivity index (χ0n) is 16.2. The standard InChI is InChI=1S/C21H27N5O/c1-4-15-6-5-7-17-18(12-22-20(15)17)16-8-10-26(11-9-16)21(27)23-19-13-25(3)24-14(19)2/h5-7,12-13,16,22H,4,8-11H2,1-3H3,(H,23,27). The predicted octanol–water partition coefficient (Wildman–Crippen LogP) is 4.18. The minimum absolute atomic E-state index is 0.0308. The number of anilines is 1. The molecule has 0 radical (unpaired) electrons. The molecule has 142 valence electrons. The fourth-order valence-electron chi connectivity index (χ4n) is 4.18. The highest BCUT2D eigenvalue weighted by Gasteiger charge is 2.26. The number of aromatic amines is 1. The van der Waals surface area contributed by atoms with Gasteiger partial charge in [0.2, 0.25) is 0 Å². The van der Waals surface area contributed by atoms with Gasteiger partial charge in [-0.3, -0.25) is 4.68 Å². The number of hydrogen-bond acceptors (Lipinski definition) is 2. The van der Waals surface area contributed by atoms with E-state index < -0.39 is 0 Å². The number of H-pyrrole nitrogens is 1. The summed E-state index contributed by atoms with van der Waals surface area (Å²) >= 11 is 0. The smallest absolute Gasteiger partial charge is 0.321 e. The molecule has 0 unspecified atom stereocenters. The van der Waals surface area contributed by atoms with Crippen LogP contribution in [0.3, 0.4) is 0 Å². The van der Waals surface area contributed by atoms with Gasteiger partial charge < -0.3 is 15.2 Å². The summed E-state index contributed by atoms with van der Waals surface area (Å²) in [7, 11) is 1.86. The van der Waals surface area contributed by atoms with E-state index in [1.54, 1.807) is 4.68 Å². The highest BCUT2D eigenvalue weighted by molar-refractivity contribution is 5.90. The van der Waals surface area contributed by atoms with E-state index >= 15 is 0 Å². The Kier molecular flexibility index (Phi) is 4.64. The van der Waals surface area contributed by atoms with Crippen molar-refractivity contribution in [1.82, 2.24) is 19.7 Å². The number of aromatic nitrogens is 3. The number of hydrogen-bond donors (Lipinski definition) is 2. The molecule has 2 N–H and O–H groups in total. The topological polar surface area (TPSA) is 66.0 Å². The van der Waals surface area contributed by atoms with Gasteiger partial charge >= 0.3 is 6.03 Å². The maximum absolute atomic E-state index is 12.6. The van der Waals surface area contributed by atoms with E-state index in [0.29, 0.717) is 5.92 Å². The highest BCUT2D eigenvalue weighted by atomic mass is 16.2. The van der Waals surface area contributed by atoms with E-state index in [1.807, 2.05) is 25.1 Å². The summed E-state index contributed by atoms with van der Waals surface area (Å²) in [5, 5.41) is 8.61. The summed E-state index contributed by atoms with van der Waals surface area (Å²) in [6.07, 6.45) is 7.02. The van der Waals surface area contributed by atoms with Crippen LogP contribution in [0.5, 0.6) is 0 Å². The maximum Gasteiger partial charge on any atom is 0.321 e. The van der Waals surface area contributed by atoms with Crippen molar-refractivity contribution in [3.05, 3.63) is 47.4 Å². The number of rotatable bonds is 3. The number of nitrogens with one attached hydrogen (secondary N) is 2. The van der Waals surface area contributed by atoms with Gasteiger partial charge in [0, 0.05) is 43.4 Å². The molecule has 1 aliphatic rings. The van der Waals surface area contributed by atoms with Crippen LogP contribution in [0.2, 0.25) is 0 Å². The molecule has 6 heteroatoms. The lowest BCUT2D eigenvalue weighted by Gasteiger charge is -2.32. The Morgan fingerprint density at radius 1 is 1.33 bits per heavy atom. The van der Waals surface area contributed by atoms with Crippen LogP contribution in [-0.2, 0) is 13.5 Å². The lowest BCUT2D eigenvalue weighted by molar-refractivity contribution is 0.195. The van der Waals surface area contributed by atoms with Crippen molar-refractivity contribution in [1.29, 1.82) is 0 Å². The molecule has 1 aliphatic heterocycles. The molecule has 1 saturated heterocycles. The van der Waals surface area contributed by atoms with Crippen molar-refractivity contribution in [3.8, 4) is 0 Å². The van der Waals surface area contributed by atoms with Crippen LogP contribution in [0.1, 0.15) is 42.5 Å². The van der Waals surface area contributed by atoms with Crippen molar-refractivity contribution < 1.29 is 4.79 Å². The van der Waals surface area contributed by atoms with Crippen LogP contribution < -0.4 is 5.32 Å². The molecule has 2 amide bonds. The molecule has 4 rings (SSSR count). The Balaban J connectivity index is 1.43. The summed E-state index contributed by atoms with van der Waals surface area (Å²) in [4.78, 5) is 18.0. The molecule has 0 spiro atoms. The number of nitrogens with zero attached hydrogens (tertiary/aromatic N) is 3. The van der Waals surface area contributed by atoms with Gasteiger partial charge in [-0.05, 0) is 43.2 Å². The van der Waals surface area contributed by atoms with E-state index in [9.17, 15) is 4.79 Å². The maximum atomic E-state index is 12.6. The third kappa shape index (κ3) is 3.31. The molecule has 1 aromatic carbocycles. The molecule has 2 aromatic heterocycles. The van der Waals surface area contributed by atoms with Crippen LogP contribution in [0, 0.1) is 6.92 Å². The van der Waals surface area contributed by atoms with Crippen molar-refractivity contribution >= 4 is 22.6 Å². The number of aryl methyl sites for hydroxylation is 3. The van der Waals surface area contributed by atoms with E-state index in [1.165, 1.54) is 22.0 Å². The fraction of sp³-hybridized carbons (Fsp3) is 0.429. The number of fused-ring (bicyclic) bond motifs is 1. The second-order valence-electron chi connectivity index (χ2n) is 7.43. The highest BCUT2D eigenvalue weighted by Crippen LogP contribution is 2.34. The molecule has 1 fully saturated rings. The van der Waals surface area contributed by atoms with Gasteiger partial charge in [0.1, 0.15) is 0 Å². The number of benzene rings is 1. The average molecular weight is 365 g/mol. The van der Waals surface area contributed by atoms with Gasteiger partial charge in [-0.15, -0.1) is 0 Å². The van der Waals surface area contributed by atoms with E-state index in [0.717, 1.165) is 43.7 Å². The molecule has 3 aromatic rings. The minimum atomic E-state index is -0.0308. The number of urea groups is 1. The molecule has 0 aliphatic carbocycles. The third-order valence-corrected chi connectivity index (χ3v) is 5.69. The van der Waals surface area contributed by atoms with Gasteiger partial charge in [-0.25, -0.2) is 4.79 Å². The average Bonchev–Trinajstić information content (AvgIpc) is 3.24. The van der Waals surface area contributed by atoms with E-state index in [-0.39, 0.29) is 6.03 Å². The summed E-state index contributed by atoms with van der Waals surface area (Å²) in [5.41, 5.74) is 5.65. The molecule has 27 heavy (non-hydrogen) atoms. The van der Waals surface area contributed by atoms with Crippen molar-refractivity contribution in [2.45, 2.75) is 39.0 Å². The van der Waals surface area contributed by atoms with Crippen LogP contribution in [0.4, 0.5) is 10.5 Å². The first-order valence-corrected chi connectivity index (χ1v) is 9.72. The Morgan fingerprint density at radius 2 is 2.11 bits per heavy atom. The van der Waals surface area contributed by atoms with Gasteiger partial charge in [0.15, 0.2) is 0 Å². The lowest BCUT2D eigenvalue weighted by Crippen LogP contribution is -2.40. The molecule has 6 nitrogen and oxygen atoms in total. The van der Waals surface area contributed by atoms with Gasteiger partial charge in [-0.2, -0.15) is 5.10 Å². The first-order valence-electron chi connectivity index (χ1n) is 9.72. The number of carbonyl (C=O) groups is 1. The zero-order chi connectivity index (χ0) is 19.0. The predicted molar refractivity (Wildman–Crippen MR) is 108 cm³/mol. The Morgan fingerprint density at radius 3 is 2.78 bits per heavy atom. The first kappa shape index (κ1) is 17.6. The monoisotopic (exact) mass is 365 g/mol. The first-order chi connectivity index (χ1) is 13.1. The van der Waals surface area contributed by atoms with E-state index in [4.69, 9.17) is 0 Å². The molecule has 0 bridgehead atoms. The molecular weight excluding hydrogens is 338 g/mol. The molecular formula is C21H27N5O. The van der Waals surface area contributed by atoms with Gasteiger partial charge in [0.25, 0.3) is 0 Å². The number of carbonyl (C=O) groups excluding carboxylic acids is 1. The molecule has 3 heterocycles. The number of para-hydroxylation sites is 1. The molecule has 0 saturated carbocycles. The second kappa shape index (κ2) is 7.10. The number of likely N-dealkylation sites (tertiary alicyclic amines) is 1. The zero-order valence-corrected chi connectivity index (χ0v) is 16.2. The summed E-state index contributed by atoms with van der Waals surface area (Å²) < 4.78 is 1.72. The quantitative estimate of drug-likeness (QED) is 0.731. The minimum Gasteiger partial charge on any atom is -0.361 e. The van der Waals surface area contributed by atoms with E-state index in [2.05, 4.69) is 46.7 Å². The van der Waals surface area contributed by atoms with Crippen LogP contribution >= 0.6 is 0 Å². The molecule has 0 atom stereocenters. The Hall–Kier alpha value is -2.76. The SMILES string of the molecule is CCc1cccc2c(C3CCN(C(=O)Nc4cn(C)nc4C)CC3)c[nH]c12. The normalized spacial score (nSPS) is 15.4. The lowest BCUT2D eigenvalue weighted by atomic mass is 9.89. The largest absolute Gasteiger partial charge is 0.361 e. The third-order valence-electron chi connectivity index (χ3n) is 5.69. The number of piperidine rings is 1. The second-order valence-corrected chi connectivity index (χ2v) is 7.43. The van der Waals surface area contributed by atoms with Crippen molar-refractivity contribution in [2.75, 3.05) is 18.4 Å². The van der Waals surface area contributed by atoms with Crippen LogP contribution in [-0.4, -0.2) is 38.8 Å². The Labute approximate surface area is 159 Å². The van der Waals surface area contributed by atoms with Crippen molar-refractivity contribution in [2.24, 2.45) is 7.05 Å². The Bertz CT molecular complexity index is 962. The van der Waals surface area contributed by atoms with Gasteiger partial charge in [0.05, 0.1) is 11.4 Å². The fourth-order valence-corrected chi connectivity index (χ4v) is 4.18. The number of amides is 2. The van der Waals surface area contributed by atoms with Crippen LogP contribution in [0.15, 0.2) is 30.6 Å². The summed E-state index contributed by atoms with van der Waals surface area (Å²) in [6.45, 7) is 5.64.